The molecule has 0 radical (unpaired) electrons. The number of piperidine rings is 1. The SMILES string of the molecule is COc1c(N2CCCC(O)(CO)C2)c(F)cc2c(=O)[nH]c(=O)n(C3CC3)c12. The highest BCUT2D eigenvalue weighted by atomic mass is 19.1. The number of methoxy groups -OCH3 is 1. The summed E-state index contributed by atoms with van der Waals surface area (Å²) in [4.78, 5) is 28.5. The average molecular weight is 379 g/mol. The fraction of sp³-hybridized carbons (Fsp3) is 0.556. The van der Waals surface area contributed by atoms with Crippen LogP contribution < -0.4 is 20.9 Å². The second-order valence-corrected chi connectivity index (χ2v) is 7.40. The van der Waals surface area contributed by atoms with Gasteiger partial charge in [-0.05, 0) is 31.7 Å². The van der Waals surface area contributed by atoms with Crippen LogP contribution in [-0.2, 0) is 0 Å². The van der Waals surface area contributed by atoms with Crippen LogP contribution in [0, 0.1) is 5.82 Å². The molecule has 4 rings (SSSR count). The van der Waals surface area contributed by atoms with Crippen molar-refractivity contribution in [2.75, 3.05) is 31.7 Å². The molecule has 0 bridgehead atoms. The topological polar surface area (TPSA) is 108 Å². The van der Waals surface area contributed by atoms with Gasteiger partial charge in [0.15, 0.2) is 11.6 Å². The smallest absolute Gasteiger partial charge is 0.329 e. The van der Waals surface area contributed by atoms with Gasteiger partial charge in [0.05, 0.1) is 19.1 Å². The first kappa shape index (κ1) is 18.0. The number of hydrogen-bond donors (Lipinski definition) is 3. The van der Waals surface area contributed by atoms with E-state index in [9.17, 15) is 19.8 Å². The number of aromatic nitrogens is 2. The lowest BCUT2D eigenvalue weighted by Crippen LogP contribution is -2.51. The maximum atomic E-state index is 15.0. The van der Waals surface area contributed by atoms with Crippen molar-refractivity contribution in [2.24, 2.45) is 0 Å². The minimum absolute atomic E-state index is 0.0269. The molecule has 1 unspecified atom stereocenters. The molecule has 1 saturated carbocycles. The minimum Gasteiger partial charge on any atom is -0.492 e. The van der Waals surface area contributed by atoms with Gasteiger partial charge in [-0.25, -0.2) is 9.18 Å². The third-order valence-corrected chi connectivity index (χ3v) is 5.39. The van der Waals surface area contributed by atoms with E-state index in [4.69, 9.17) is 4.74 Å². The summed E-state index contributed by atoms with van der Waals surface area (Å²) < 4.78 is 22.0. The van der Waals surface area contributed by atoms with Gasteiger partial charge in [-0.3, -0.25) is 14.3 Å². The molecule has 2 heterocycles. The van der Waals surface area contributed by atoms with Gasteiger partial charge in [0, 0.05) is 19.1 Å². The van der Waals surface area contributed by atoms with Crippen molar-refractivity contribution in [2.45, 2.75) is 37.3 Å². The van der Waals surface area contributed by atoms with Crippen LogP contribution in [0.25, 0.3) is 10.9 Å². The number of aliphatic hydroxyl groups is 2. The Morgan fingerprint density at radius 3 is 2.78 bits per heavy atom. The number of halogens is 1. The van der Waals surface area contributed by atoms with Gasteiger partial charge in [-0.15, -0.1) is 0 Å². The number of benzene rings is 1. The number of nitrogens with zero attached hydrogens (tertiary/aromatic N) is 2. The van der Waals surface area contributed by atoms with Gasteiger partial charge < -0.3 is 19.8 Å². The Hall–Kier alpha value is -2.39. The summed E-state index contributed by atoms with van der Waals surface area (Å²) in [7, 11) is 1.36. The van der Waals surface area contributed by atoms with Crippen molar-refractivity contribution in [3.05, 3.63) is 32.7 Å². The summed E-state index contributed by atoms with van der Waals surface area (Å²) in [6, 6.07) is 1.05. The quantitative estimate of drug-likeness (QED) is 0.714. The van der Waals surface area contributed by atoms with Crippen molar-refractivity contribution in [1.29, 1.82) is 0 Å². The van der Waals surface area contributed by atoms with Gasteiger partial charge in [-0.1, -0.05) is 0 Å². The largest absolute Gasteiger partial charge is 0.492 e. The van der Waals surface area contributed by atoms with Crippen molar-refractivity contribution >= 4 is 16.6 Å². The number of aromatic amines is 1. The molecule has 1 saturated heterocycles. The van der Waals surface area contributed by atoms with E-state index in [0.717, 1.165) is 18.9 Å². The Morgan fingerprint density at radius 1 is 1.41 bits per heavy atom. The molecular formula is C18H22FN3O5. The number of anilines is 1. The maximum Gasteiger partial charge on any atom is 0.329 e. The second kappa shape index (κ2) is 6.35. The highest BCUT2D eigenvalue weighted by molar-refractivity contribution is 5.91. The summed E-state index contributed by atoms with van der Waals surface area (Å²) in [6.07, 6.45) is 2.56. The number of nitrogens with one attached hydrogen (secondary N) is 1. The number of β-amino-alcohol motifs (C(OH)–C–C–N with tert-alkyl or cyclic N) is 1. The highest BCUT2D eigenvalue weighted by Crippen LogP contribution is 2.43. The number of fused-ring (bicyclic) bond motifs is 1. The number of ether oxygens (including phenoxy) is 1. The van der Waals surface area contributed by atoms with E-state index in [2.05, 4.69) is 4.98 Å². The molecular weight excluding hydrogens is 357 g/mol. The van der Waals surface area contributed by atoms with Gasteiger partial charge in [0.1, 0.15) is 16.8 Å². The lowest BCUT2D eigenvalue weighted by atomic mass is 9.93. The zero-order valence-electron chi connectivity index (χ0n) is 15.0. The van der Waals surface area contributed by atoms with E-state index in [1.54, 1.807) is 4.90 Å². The Labute approximate surface area is 153 Å². The molecule has 2 aliphatic rings. The second-order valence-electron chi connectivity index (χ2n) is 7.40. The van der Waals surface area contributed by atoms with Crippen LogP contribution in [0.2, 0.25) is 0 Å². The number of H-pyrrole nitrogens is 1. The first-order chi connectivity index (χ1) is 12.9. The van der Waals surface area contributed by atoms with E-state index in [-0.39, 0.29) is 34.9 Å². The fourth-order valence-corrected chi connectivity index (χ4v) is 3.95. The van der Waals surface area contributed by atoms with Crippen molar-refractivity contribution < 1.29 is 19.3 Å². The third-order valence-electron chi connectivity index (χ3n) is 5.39. The van der Waals surface area contributed by atoms with Crippen molar-refractivity contribution in [3.8, 4) is 5.75 Å². The molecule has 2 aromatic rings. The first-order valence-electron chi connectivity index (χ1n) is 9.02. The van der Waals surface area contributed by atoms with Crippen LogP contribution in [0.1, 0.15) is 31.7 Å². The van der Waals surface area contributed by atoms with E-state index in [0.29, 0.717) is 19.4 Å². The number of aliphatic hydroxyl groups excluding tert-OH is 1. The molecule has 2 fully saturated rings. The molecule has 1 aliphatic heterocycles. The predicted octanol–water partition coefficient (Wildman–Crippen LogP) is 0.496. The molecule has 1 aromatic carbocycles. The first-order valence-corrected chi connectivity index (χ1v) is 9.02. The zero-order chi connectivity index (χ0) is 19.3. The van der Waals surface area contributed by atoms with E-state index in [1.807, 2.05) is 0 Å². The van der Waals surface area contributed by atoms with Gasteiger partial charge in [0.2, 0.25) is 0 Å². The molecule has 8 nitrogen and oxygen atoms in total. The fourth-order valence-electron chi connectivity index (χ4n) is 3.95. The van der Waals surface area contributed by atoms with Crippen LogP contribution in [0.5, 0.6) is 5.75 Å². The summed E-state index contributed by atoms with van der Waals surface area (Å²) in [6.45, 7) is 0.0462. The minimum atomic E-state index is -1.34. The summed E-state index contributed by atoms with van der Waals surface area (Å²) in [5, 5.41) is 20.0. The molecule has 9 heteroatoms. The van der Waals surface area contributed by atoms with Gasteiger partial charge in [-0.2, -0.15) is 0 Å². The van der Waals surface area contributed by atoms with E-state index >= 15 is 4.39 Å². The van der Waals surface area contributed by atoms with Crippen LogP contribution in [0.4, 0.5) is 10.1 Å². The van der Waals surface area contributed by atoms with Crippen LogP contribution in [-0.4, -0.2) is 52.2 Å². The van der Waals surface area contributed by atoms with Crippen LogP contribution >= 0.6 is 0 Å². The molecule has 1 atom stereocenters. The van der Waals surface area contributed by atoms with E-state index < -0.39 is 29.3 Å². The van der Waals surface area contributed by atoms with Gasteiger partial charge >= 0.3 is 5.69 Å². The zero-order valence-corrected chi connectivity index (χ0v) is 15.0. The highest BCUT2D eigenvalue weighted by Gasteiger charge is 2.36. The van der Waals surface area contributed by atoms with Crippen molar-refractivity contribution in [3.63, 3.8) is 0 Å². The lowest BCUT2D eigenvalue weighted by Gasteiger charge is -2.40. The standard InChI is InChI=1S/C18H22FN3O5/c1-27-15-13-11(16(24)20-17(25)22(13)10-3-4-10)7-12(19)14(15)21-6-2-5-18(26,8-21)9-23/h7,10,23,26H,2-6,8-9H2,1H3,(H,20,24,25). The molecule has 3 N–H and O–H groups in total. The molecule has 1 aliphatic carbocycles. The molecule has 27 heavy (non-hydrogen) atoms. The third kappa shape index (κ3) is 2.90. The number of rotatable bonds is 4. The Morgan fingerprint density at radius 2 is 2.15 bits per heavy atom. The van der Waals surface area contributed by atoms with Crippen molar-refractivity contribution in [1.82, 2.24) is 9.55 Å². The predicted molar refractivity (Wildman–Crippen MR) is 97.1 cm³/mol. The summed E-state index contributed by atoms with van der Waals surface area (Å²) >= 11 is 0. The molecule has 146 valence electrons. The Balaban J connectivity index is 1.99. The molecule has 1 aromatic heterocycles. The monoisotopic (exact) mass is 379 g/mol. The molecule has 0 spiro atoms. The normalized spacial score (nSPS) is 23.0. The maximum absolute atomic E-state index is 15.0. The van der Waals surface area contributed by atoms with Crippen LogP contribution in [0.3, 0.4) is 0 Å². The average Bonchev–Trinajstić information content (AvgIpc) is 3.46. The van der Waals surface area contributed by atoms with Crippen LogP contribution in [0.15, 0.2) is 15.7 Å². The molecule has 0 amide bonds. The lowest BCUT2D eigenvalue weighted by molar-refractivity contribution is -0.0242. The van der Waals surface area contributed by atoms with E-state index in [1.165, 1.54) is 11.7 Å². The number of hydrogen-bond acceptors (Lipinski definition) is 6. The summed E-state index contributed by atoms with van der Waals surface area (Å²) in [5.74, 6) is -0.574. The summed E-state index contributed by atoms with van der Waals surface area (Å²) in [5.41, 5.74) is -2.19. The Bertz CT molecular complexity index is 1010. The van der Waals surface area contributed by atoms with Gasteiger partial charge in [0.25, 0.3) is 5.56 Å². The Kier molecular flexibility index (Phi) is 4.23.